The van der Waals surface area contributed by atoms with E-state index >= 15 is 0 Å². The minimum absolute atomic E-state index is 0.308. The number of hydrogen-bond acceptors (Lipinski definition) is 8. The zero-order valence-electron chi connectivity index (χ0n) is 14.6. The Hall–Kier alpha value is -2.39. The SMILES string of the molecule is C=C1N=C2Nc3ccccc3OC2=CN1[C@@H]1O[C@H](COC)C(OC)[C@@H]1O. The first-order valence-corrected chi connectivity index (χ1v) is 8.29. The molecule has 1 unspecified atom stereocenters. The number of nitrogens with zero attached hydrogens (tertiary/aromatic N) is 2. The Morgan fingerprint density at radius 1 is 1.35 bits per heavy atom. The minimum Gasteiger partial charge on any atom is -0.450 e. The van der Waals surface area contributed by atoms with Gasteiger partial charge < -0.3 is 34.3 Å². The van der Waals surface area contributed by atoms with E-state index in [2.05, 4.69) is 16.9 Å². The van der Waals surface area contributed by atoms with Gasteiger partial charge in [0.1, 0.15) is 24.1 Å². The maximum Gasteiger partial charge on any atom is 0.186 e. The molecule has 0 radical (unpaired) electrons. The second-order valence-electron chi connectivity index (χ2n) is 6.21. The molecule has 3 aliphatic heterocycles. The third-order valence-corrected chi connectivity index (χ3v) is 4.58. The molecule has 4 rings (SSSR count). The minimum atomic E-state index is -0.894. The number of aliphatic hydroxyl groups is 1. The number of nitrogens with one attached hydrogen (secondary N) is 1. The smallest absolute Gasteiger partial charge is 0.186 e. The number of methoxy groups -OCH3 is 2. The first-order valence-electron chi connectivity index (χ1n) is 8.29. The van der Waals surface area contributed by atoms with Crippen LogP contribution in [-0.4, -0.2) is 61.2 Å². The van der Waals surface area contributed by atoms with Crippen LogP contribution in [0.2, 0.25) is 0 Å². The van der Waals surface area contributed by atoms with E-state index in [9.17, 15) is 5.11 Å². The Morgan fingerprint density at radius 2 is 2.15 bits per heavy atom. The average Bonchev–Trinajstić information content (AvgIpc) is 2.95. The number of fused-ring (bicyclic) bond motifs is 2. The van der Waals surface area contributed by atoms with E-state index < -0.39 is 24.5 Å². The summed E-state index contributed by atoms with van der Waals surface area (Å²) in [5.41, 5.74) is 0.835. The Labute approximate surface area is 151 Å². The van der Waals surface area contributed by atoms with Gasteiger partial charge in [-0.3, -0.25) is 0 Å². The molecule has 4 atom stereocenters. The number of anilines is 1. The Kier molecular flexibility index (Phi) is 4.41. The Balaban J connectivity index is 1.61. The number of rotatable bonds is 4. The fourth-order valence-electron chi connectivity index (χ4n) is 3.33. The summed E-state index contributed by atoms with van der Waals surface area (Å²) >= 11 is 0. The molecular formula is C18H21N3O5. The molecule has 0 saturated carbocycles. The average molecular weight is 359 g/mol. The van der Waals surface area contributed by atoms with Crippen LogP contribution in [-0.2, 0) is 14.2 Å². The quantitative estimate of drug-likeness (QED) is 0.837. The summed E-state index contributed by atoms with van der Waals surface area (Å²) in [4.78, 5) is 6.12. The van der Waals surface area contributed by atoms with Crippen molar-refractivity contribution in [3.8, 4) is 5.75 Å². The van der Waals surface area contributed by atoms with Crippen molar-refractivity contribution >= 4 is 11.5 Å². The van der Waals surface area contributed by atoms with Crippen LogP contribution in [0, 0.1) is 0 Å². The van der Waals surface area contributed by atoms with Crippen LogP contribution in [0.5, 0.6) is 5.75 Å². The molecular weight excluding hydrogens is 338 g/mol. The molecule has 3 aliphatic rings. The lowest BCUT2D eigenvalue weighted by Crippen LogP contribution is -2.44. The van der Waals surface area contributed by atoms with Gasteiger partial charge >= 0.3 is 0 Å². The molecule has 0 spiro atoms. The summed E-state index contributed by atoms with van der Waals surface area (Å²) in [6, 6.07) is 7.58. The molecule has 0 amide bonds. The summed E-state index contributed by atoms with van der Waals surface area (Å²) in [5, 5.41) is 13.9. The van der Waals surface area contributed by atoms with Crippen molar-refractivity contribution in [2.24, 2.45) is 4.99 Å². The number of ether oxygens (including phenoxy) is 4. The lowest BCUT2D eigenvalue weighted by Gasteiger charge is -2.34. The number of amidine groups is 1. The second-order valence-corrected chi connectivity index (χ2v) is 6.21. The van der Waals surface area contributed by atoms with Gasteiger partial charge in [-0.1, -0.05) is 18.7 Å². The predicted octanol–water partition coefficient (Wildman–Crippen LogP) is 1.26. The molecule has 2 N–H and O–H groups in total. The molecule has 26 heavy (non-hydrogen) atoms. The molecule has 0 aliphatic carbocycles. The van der Waals surface area contributed by atoms with Crippen molar-refractivity contribution < 1.29 is 24.1 Å². The van der Waals surface area contributed by atoms with Crippen LogP contribution in [0.3, 0.4) is 0 Å². The first-order chi connectivity index (χ1) is 12.6. The standard InChI is InChI=1S/C18H21N3O5/c1-10-19-17-13(25-12-7-5-4-6-11(12)20-17)8-21(10)18-15(22)16(24-3)14(26-18)9-23-2/h4-8,14-16,18,22H,1,9H2,2-3H3,(H,19,20)/t14-,15+,16?,18-/m1/s1. The van der Waals surface area contributed by atoms with Crippen LogP contribution < -0.4 is 10.1 Å². The highest BCUT2D eigenvalue weighted by Crippen LogP contribution is 2.35. The third kappa shape index (κ3) is 2.77. The van der Waals surface area contributed by atoms with Crippen LogP contribution in [0.25, 0.3) is 0 Å². The highest BCUT2D eigenvalue weighted by atomic mass is 16.6. The normalized spacial score (nSPS) is 30.0. The summed E-state index contributed by atoms with van der Waals surface area (Å²) in [5.74, 6) is 2.21. The van der Waals surface area contributed by atoms with Gasteiger partial charge in [-0.2, -0.15) is 0 Å². The van der Waals surface area contributed by atoms with Crippen molar-refractivity contribution in [3.63, 3.8) is 0 Å². The van der Waals surface area contributed by atoms with Gasteiger partial charge in [-0.15, -0.1) is 0 Å². The van der Waals surface area contributed by atoms with E-state index in [1.807, 2.05) is 24.3 Å². The Bertz CT molecular complexity index is 778. The predicted molar refractivity (Wildman–Crippen MR) is 94.5 cm³/mol. The van der Waals surface area contributed by atoms with Crippen molar-refractivity contribution in [3.05, 3.63) is 48.6 Å². The van der Waals surface area contributed by atoms with Crippen LogP contribution in [0.4, 0.5) is 5.69 Å². The van der Waals surface area contributed by atoms with E-state index in [4.69, 9.17) is 18.9 Å². The molecule has 138 valence electrons. The zero-order valence-corrected chi connectivity index (χ0v) is 14.6. The maximum atomic E-state index is 10.6. The van der Waals surface area contributed by atoms with E-state index in [-0.39, 0.29) is 0 Å². The fourth-order valence-corrected chi connectivity index (χ4v) is 3.33. The van der Waals surface area contributed by atoms with Gasteiger partial charge in [0, 0.05) is 14.2 Å². The van der Waals surface area contributed by atoms with Crippen molar-refractivity contribution in [1.29, 1.82) is 0 Å². The second kappa shape index (κ2) is 6.73. The topological polar surface area (TPSA) is 84.8 Å². The first kappa shape index (κ1) is 17.0. The van der Waals surface area contributed by atoms with Gasteiger partial charge in [0.15, 0.2) is 23.6 Å². The van der Waals surface area contributed by atoms with Crippen LogP contribution >= 0.6 is 0 Å². The van der Waals surface area contributed by atoms with E-state index in [1.165, 1.54) is 7.11 Å². The molecule has 1 aromatic carbocycles. The largest absolute Gasteiger partial charge is 0.450 e. The molecule has 8 heteroatoms. The third-order valence-electron chi connectivity index (χ3n) is 4.58. The monoisotopic (exact) mass is 359 g/mol. The maximum absolute atomic E-state index is 10.6. The highest BCUT2D eigenvalue weighted by molar-refractivity contribution is 6.10. The fraction of sp³-hybridized carbons (Fsp3) is 0.389. The van der Waals surface area contributed by atoms with E-state index in [1.54, 1.807) is 18.2 Å². The van der Waals surface area contributed by atoms with Crippen molar-refractivity contribution in [2.75, 3.05) is 26.1 Å². The molecule has 1 saturated heterocycles. The number of aliphatic hydroxyl groups excluding tert-OH is 1. The van der Waals surface area contributed by atoms with E-state index in [0.717, 1.165) is 5.69 Å². The van der Waals surface area contributed by atoms with E-state index in [0.29, 0.717) is 29.8 Å². The zero-order chi connectivity index (χ0) is 18.3. The molecule has 1 fully saturated rings. The number of hydrogen-bond donors (Lipinski definition) is 2. The molecule has 0 bridgehead atoms. The Morgan fingerprint density at radius 3 is 2.92 bits per heavy atom. The summed E-state index contributed by atoms with van der Waals surface area (Å²) in [6.07, 6.45) is -0.778. The number of benzene rings is 1. The van der Waals surface area contributed by atoms with Gasteiger partial charge in [0.2, 0.25) is 0 Å². The lowest BCUT2D eigenvalue weighted by molar-refractivity contribution is -0.0758. The van der Waals surface area contributed by atoms with Gasteiger partial charge in [-0.25, -0.2) is 4.99 Å². The van der Waals surface area contributed by atoms with Crippen LogP contribution in [0.15, 0.2) is 53.6 Å². The summed E-state index contributed by atoms with van der Waals surface area (Å²) in [7, 11) is 3.11. The summed E-state index contributed by atoms with van der Waals surface area (Å²) in [6.45, 7) is 4.29. The van der Waals surface area contributed by atoms with Crippen molar-refractivity contribution in [1.82, 2.24) is 4.90 Å². The molecule has 0 aromatic heterocycles. The van der Waals surface area contributed by atoms with Gasteiger partial charge in [0.05, 0.1) is 18.5 Å². The van der Waals surface area contributed by atoms with Crippen LogP contribution in [0.1, 0.15) is 0 Å². The summed E-state index contributed by atoms with van der Waals surface area (Å²) < 4.78 is 22.4. The van der Waals surface area contributed by atoms with Gasteiger partial charge in [-0.05, 0) is 12.1 Å². The molecule has 3 heterocycles. The number of para-hydroxylation sites is 2. The number of aliphatic imine (C=N–C) groups is 1. The highest BCUT2D eigenvalue weighted by Gasteiger charge is 2.47. The molecule has 8 nitrogen and oxygen atoms in total. The molecule has 1 aromatic rings. The van der Waals surface area contributed by atoms with Gasteiger partial charge in [0.25, 0.3) is 0 Å². The van der Waals surface area contributed by atoms with Crippen molar-refractivity contribution in [2.45, 2.75) is 24.5 Å². The lowest BCUT2D eigenvalue weighted by atomic mass is 10.1.